The third kappa shape index (κ3) is 10.8. The lowest BCUT2D eigenvalue weighted by Crippen LogP contribution is -2.30. The summed E-state index contributed by atoms with van der Waals surface area (Å²) in [6, 6.07) is 19.1. The minimum Gasteiger partial charge on any atom is -0.504 e. The molecule has 12 heteroatoms. The van der Waals surface area contributed by atoms with Crippen LogP contribution in [0.2, 0.25) is 0 Å². The van der Waals surface area contributed by atoms with E-state index in [9.17, 15) is 30.0 Å². The highest BCUT2D eigenvalue weighted by Gasteiger charge is 2.26. The number of phenols is 4. The first kappa shape index (κ1) is 38.5. The second-order valence-corrected chi connectivity index (χ2v) is 11.7. The fourth-order valence-electron chi connectivity index (χ4n) is 5.43. The van der Waals surface area contributed by atoms with Crippen LogP contribution in [0.4, 0.5) is 0 Å². The Kier molecular flexibility index (Phi) is 13.8. The summed E-state index contributed by atoms with van der Waals surface area (Å²) in [5.74, 6) is -1.24. The van der Waals surface area contributed by atoms with Crippen molar-refractivity contribution in [3.05, 3.63) is 107 Å². The van der Waals surface area contributed by atoms with Crippen molar-refractivity contribution in [3.63, 3.8) is 0 Å². The Hall–Kier alpha value is -6.30. The summed E-state index contributed by atoms with van der Waals surface area (Å²) in [6.07, 6.45) is 6.25. The maximum Gasteiger partial charge on any atom is 0.330 e. The molecule has 4 rings (SSSR count). The largest absolute Gasteiger partial charge is 0.504 e. The average molecular weight is 715 g/mol. The van der Waals surface area contributed by atoms with Crippen molar-refractivity contribution in [1.29, 1.82) is 0 Å². The Bertz CT molecular complexity index is 1760. The standard InChI is InChI=1S/C40H42O12/c1-47-35-19-25(5-11-31(35)41)9-15-39(45)51-23-29(17-27-7-13-33(43)37(21-27)49-3)30(18-28-8-14-34(44)38(22-28)50-4)24-52-40(46)16-10-26-6-12-32(42)36(20-26)48-2/h5-16,19-22,29-30,41-44H,17-18,23-24H2,1-4H3/b15-9+,16-10+/t29-,30-/m1/s1. The van der Waals surface area contributed by atoms with Crippen molar-refractivity contribution in [3.8, 4) is 46.0 Å². The summed E-state index contributed by atoms with van der Waals surface area (Å²) >= 11 is 0. The van der Waals surface area contributed by atoms with Crippen molar-refractivity contribution in [2.45, 2.75) is 12.8 Å². The van der Waals surface area contributed by atoms with E-state index in [1.54, 1.807) is 48.5 Å². The fraction of sp³-hybridized carbons (Fsp3) is 0.250. The van der Waals surface area contributed by atoms with Gasteiger partial charge in [-0.05, 0) is 95.8 Å². The van der Waals surface area contributed by atoms with Crippen LogP contribution in [0.25, 0.3) is 12.2 Å². The second kappa shape index (κ2) is 18.6. The van der Waals surface area contributed by atoms with Crippen LogP contribution in [0.1, 0.15) is 22.3 Å². The molecule has 0 aliphatic heterocycles. The average Bonchev–Trinajstić information content (AvgIpc) is 3.15. The first-order chi connectivity index (χ1) is 25.0. The number of ether oxygens (including phenoxy) is 6. The number of rotatable bonds is 17. The van der Waals surface area contributed by atoms with E-state index in [1.807, 2.05) is 0 Å². The van der Waals surface area contributed by atoms with E-state index in [-0.39, 0.29) is 59.2 Å². The minimum atomic E-state index is -0.630. The second-order valence-electron chi connectivity index (χ2n) is 11.7. The molecule has 0 bridgehead atoms. The Morgan fingerprint density at radius 1 is 0.519 bits per heavy atom. The van der Waals surface area contributed by atoms with Crippen molar-refractivity contribution in [2.75, 3.05) is 41.7 Å². The number of benzene rings is 4. The molecule has 4 aromatic rings. The van der Waals surface area contributed by atoms with Gasteiger partial charge in [0.2, 0.25) is 0 Å². The highest BCUT2D eigenvalue weighted by atomic mass is 16.5. The molecule has 0 aliphatic carbocycles. The Balaban J connectivity index is 1.61. The number of methoxy groups -OCH3 is 4. The molecule has 0 radical (unpaired) electrons. The molecule has 0 fully saturated rings. The van der Waals surface area contributed by atoms with Crippen LogP contribution < -0.4 is 18.9 Å². The summed E-state index contributed by atoms with van der Waals surface area (Å²) in [4.78, 5) is 26.0. The number of carbonyl (C=O) groups excluding carboxylic acids is 2. The molecule has 0 aliphatic rings. The Morgan fingerprint density at radius 2 is 0.846 bits per heavy atom. The zero-order chi connectivity index (χ0) is 37.6. The lowest BCUT2D eigenvalue weighted by Gasteiger charge is -2.27. The van der Waals surface area contributed by atoms with E-state index in [0.29, 0.717) is 24.0 Å². The van der Waals surface area contributed by atoms with Gasteiger partial charge in [-0.1, -0.05) is 24.3 Å². The van der Waals surface area contributed by atoms with Crippen LogP contribution in [0.5, 0.6) is 46.0 Å². The van der Waals surface area contributed by atoms with Gasteiger partial charge in [0.25, 0.3) is 0 Å². The zero-order valence-electron chi connectivity index (χ0n) is 29.3. The number of hydrogen-bond acceptors (Lipinski definition) is 12. The van der Waals surface area contributed by atoms with Crippen LogP contribution in [-0.4, -0.2) is 74.0 Å². The maximum atomic E-state index is 13.0. The van der Waals surface area contributed by atoms with E-state index in [0.717, 1.165) is 11.1 Å². The zero-order valence-corrected chi connectivity index (χ0v) is 29.3. The van der Waals surface area contributed by atoms with E-state index < -0.39 is 23.8 Å². The lowest BCUT2D eigenvalue weighted by molar-refractivity contribution is -0.143. The molecule has 0 saturated heterocycles. The molecular weight excluding hydrogens is 672 g/mol. The monoisotopic (exact) mass is 714 g/mol. The maximum absolute atomic E-state index is 13.0. The van der Waals surface area contributed by atoms with E-state index in [4.69, 9.17) is 28.4 Å². The first-order valence-electron chi connectivity index (χ1n) is 16.2. The lowest BCUT2D eigenvalue weighted by atomic mass is 9.83. The number of esters is 2. The van der Waals surface area contributed by atoms with Gasteiger partial charge >= 0.3 is 11.9 Å². The van der Waals surface area contributed by atoms with Crippen LogP contribution in [0, 0.1) is 11.8 Å². The normalized spacial score (nSPS) is 12.3. The van der Waals surface area contributed by atoms with Crippen molar-refractivity contribution < 1.29 is 58.4 Å². The van der Waals surface area contributed by atoms with Gasteiger partial charge < -0.3 is 48.8 Å². The summed E-state index contributed by atoms with van der Waals surface area (Å²) in [7, 11) is 5.73. The molecule has 0 heterocycles. The summed E-state index contributed by atoms with van der Waals surface area (Å²) in [5, 5.41) is 40.2. The molecule has 52 heavy (non-hydrogen) atoms. The fourth-order valence-corrected chi connectivity index (χ4v) is 5.43. The van der Waals surface area contributed by atoms with Gasteiger partial charge in [-0.25, -0.2) is 9.59 Å². The van der Waals surface area contributed by atoms with Crippen LogP contribution >= 0.6 is 0 Å². The predicted octanol–water partition coefficient (Wildman–Crippen LogP) is 6.07. The van der Waals surface area contributed by atoms with Gasteiger partial charge in [-0.3, -0.25) is 0 Å². The van der Waals surface area contributed by atoms with E-state index in [2.05, 4.69) is 0 Å². The highest BCUT2D eigenvalue weighted by molar-refractivity contribution is 5.87. The van der Waals surface area contributed by atoms with Crippen LogP contribution in [0.3, 0.4) is 0 Å². The van der Waals surface area contributed by atoms with Gasteiger partial charge in [0, 0.05) is 24.0 Å². The van der Waals surface area contributed by atoms with E-state index >= 15 is 0 Å². The van der Waals surface area contributed by atoms with Gasteiger partial charge in [-0.2, -0.15) is 0 Å². The molecule has 0 aromatic heterocycles. The molecule has 0 unspecified atom stereocenters. The smallest absolute Gasteiger partial charge is 0.330 e. The summed E-state index contributed by atoms with van der Waals surface area (Å²) < 4.78 is 32.4. The number of phenolic OH excluding ortho intramolecular Hbond substituents is 4. The van der Waals surface area contributed by atoms with Crippen molar-refractivity contribution in [1.82, 2.24) is 0 Å². The topological polar surface area (TPSA) is 170 Å². The van der Waals surface area contributed by atoms with E-state index in [1.165, 1.54) is 77.0 Å². The number of aromatic hydroxyl groups is 4. The quantitative estimate of drug-likeness (QED) is 0.0736. The molecule has 12 nitrogen and oxygen atoms in total. The molecule has 274 valence electrons. The minimum absolute atomic E-state index is 0.0370. The molecule has 4 N–H and O–H groups in total. The first-order valence-corrected chi connectivity index (χ1v) is 16.2. The van der Waals surface area contributed by atoms with Crippen LogP contribution in [0.15, 0.2) is 84.9 Å². The third-order valence-corrected chi connectivity index (χ3v) is 8.26. The third-order valence-electron chi connectivity index (χ3n) is 8.26. The summed E-state index contributed by atoms with van der Waals surface area (Å²) in [6.45, 7) is -0.155. The highest BCUT2D eigenvalue weighted by Crippen LogP contribution is 2.33. The van der Waals surface area contributed by atoms with Gasteiger partial charge in [-0.15, -0.1) is 0 Å². The number of carbonyl (C=O) groups is 2. The molecule has 0 spiro atoms. The predicted molar refractivity (Wildman–Crippen MR) is 193 cm³/mol. The van der Waals surface area contributed by atoms with Gasteiger partial charge in [0.05, 0.1) is 41.7 Å². The Morgan fingerprint density at radius 3 is 1.19 bits per heavy atom. The molecular formula is C40H42O12. The molecule has 4 aromatic carbocycles. The Labute approximate surface area is 301 Å². The van der Waals surface area contributed by atoms with Crippen molar-refractivity contribution in [2.24, 2.45) is 11.8 Å². The SMILES string of the molecule is COc1cc(/C=C/C(=O)OC[C@@H](Cc2ccc(O)c(OC)c2)[C@@H](COC(=O)/C=C/c2ccc(O)c(OC)c2)Cc2ccc(O)c(OC)c2)ccc1O. The van der Waals surface area contributed by atoms with Crippen molar-refractivity contribution >= 4 is 24.1 Å². The molecule has 0 amide bonds. The van der Waals surface area contributed by atoms with Gasteiger partial charge in [0.15, 0.2) is 46.0 Å². The summed E-state index contributed by atoms with van der Waals surface area (Å²) in [5.41, 5.74) is 2.74. The van der Waals surface area contributed by atoms with Gasteiger partial charge in [0.1, 0.15) is 0 Å². The number of hydrogen-bond donors (Lipinski definition) is 4. The molecule has 0 saturated carbocycles. The van der Waals surface area contributed by atoms with Crippen LogP contribution in [-0.2, 0) is 31.9 Å². The molecule has 2 atom stereocenters.